The molecule has 198 valence electrons. The number of aliphatic hydroxyl groups is 1. The highest BCUT2D eigenvalue weighted by molar-refractivity contribution is 8.00. The number of benzene rings is 1. The summed E-state index contributed by atoms with van der Waals surface area (Å²) in [6.07, 6.45) is 4.47. The first-order chi connectivity index (χ1) is 17.0. The van der Waals surface area contributed by atoms with Crippen LogP contribution in [0.5, 0.6) is 0 Å². The van der Waals surface area contributed by atoms with Gasteiger partial charge in [-0.05, 0) is 67.7 Å². The zero-order valence-electron chi connectivity index (χ0n) is 22.5. The Kier molecular flexibility index (Phi) is 7.81. The van der Waals surface area contributed by atoms with Gasteiger partial charge in [0.2, 0.25) is 0 Å². The van der Waals surface area contributed by atoms with Crippen molar-refractivity contribution in [2.75, 3.05) is 12.8 Å². The van der Waals surface area contributed by atoms with Gasteiger partial charge in [0, 0.05) is 34.6 Å². The van der Waals surface area contributed by atoms with Crippen LogP contribution in [-0.4, -0.2) is 41.9 Å². The van der Waals surface area contributed by atoms with Crippen LogP contribution in [-0.2, 0) is 20.9 Å². The molecule has 0 aliphatic heterocycles. The van der Waals surface area contributed by atoms with Crippen molar-refractivity contribution in [2.24, 2.45) is 34.0 Å². The molecule has 0 aromatic heterocycles. The van der Waals surface area contributed by atoms with Gasteiger partial charge in [0.15, 0.2) is 0 Å². The Hall–Kier alpha value is -1.63. The van der Waals surface area contributed by atoms with Crippen molar-refractivity contribution in [1.82, 2.24) is 5.32 Å². The molecule has 3 saturated carbocycles. The lowest BCUT2D eigenvalue weighted by molar-refractivity contribution is -0.205. The maximum atomic E-state index is 13.5. The number of hydrogen-bond donors (Lipinski definition) is 2. The Morgan fingerprint density at radius 3 is 2.75 bits per heavy atom. The van der Waals surface area contributed by atoms with Gasteiger partial charge in [-0.15, -0.1) is 18.3 Å². The number of ketones is 1. The number of rotatable bonds is 7. The Balaban J connectivity index is 1.64. The van der Waals surface area contributed by atoms with Crippen LogP contribution in [0, 0.1) is 34.0 Å². The smallest absolute Gasteiger partial charge is 0.316 e. The molecule has 4 rings (SSSR count). The molecule has 2 N–H and O–H groups in total. The summed E-state index contributed by atoms with van der Waals surface area (Å²) < 4.78 is 6.34. The molecule has 3 unspecified atom stereocenters. The Bertz CT molecular complexity index is 1010. The fourth-order valence-corrected chi connectivity index (χ4v) is 8.55. The van der Waals surface area contributed by atoms with Gasteiger partial charge in [-0.3, -0.25) is 9.59 Å². The average Bonchev–Trinajstić information content (AvgIpc) is 3.22. The summed E-state index contributed by atoms with van der Waals surface area (Å²) in [5.74, 6) is 0.225. The molecule has 0 amide bonds. The van der Waals surface area contributed by atoms with Crippen molar-refractivity contribution in [3.8, 4) is 0 Å². The third-order valence-electron chi connectivity index (χ3n) is 10.2. The van der Waals surface area contributed by atoms with E-state index < -0.39 is 23.0 Å². The zero-order chi connectivity index (χ0) is 26.3. The van der Waals surface area contributed by atoms with Crippen LogP contribution < -0.4 is 5.32 Å². The van der Waals surface area contributed by atoms with Crippen molar-refractivity contribution in [2.45, 2.75) is 83.4 Å². The minimum atomic E-state index is -0.646. The summed E-state index contributed by atoms with van der Waals surface area (Å²) in [6.45, 7) is 13.4. The van der Waals surface area contributed by atoms with E-state index in [1.54, 1.807) is 0 Å². The van der Waals surface area contributed by atoms with E-state index in [-0.39, 0.29) is 40.7 Å². The molecular weight excluding hydrogens is 470 g/mol. The first-order valence-electron chi connectivity index (χ1n) is 13.4. The van der Waals surface area contributed by atoms with Crippen LogP contribution in [0.2, 0.25) is 0 Å². The molecule has 3 aliphatic rings. The highest BCUT2D eigenvalue weighted by atomic mass is 32.2. The number of ether oxygens (including phenoxy) is 1. The Morgan fingerprint density at radius 2 is 2.06 bits per heavy atom. The second-order valence-corrected chi connectivity index (χ2v) is 13.1. The third kappa shape index (κ3) is 4.48. The molecular formula is C30H43NO4S. The van der Waals surface area contributed by atoms with Gasteiger partial charge in [-0.1, -0.05) is 45.9 Å². The fourth-order valence-electron chi connectivity index (χ4n) is 7.79. The van der Waals surface area contributed by atoms with Crippen LogP contribution in [0.3, 0.4) is 0 Å². The van der Waals surface area contributed by atoms with Crippen molar-refractivity contribution in [1.29, 1.82) is 0 Å². The van der Waals surface area contributed by atoms with E-state index in [0.717, 1.165) is 30.7 Å². The van der Waals surface area contributed by atoms with E-state index in [0.29, 0.717) is 12.8 Å². The summed E-state index contributed by atoms with van der Waals surface area (Å²) in [5, 5.41) is 14.8. The van der Waals surface area contributed by atoms with E-state index in [2.05, 4.69) is 44.8 Å². The SMILES string of the molecule is C=C[C@]1(C)C[C@@H](OC(=O)CSc2cccc(CNC)c2)[C@]2(C)C(C)CCC3(CCC(=O)C32)[C@@H](C)[C@@H]1O. The highest BCUT2D eigenvalue weighted by Crippen LogP contribution is 2.68. The van der Waals surface area contributed by atoms with Crippen LogP contribution >= 0.6 is 11.8 Å². The highest BCUT2D eigenvalue weighted by Gasteiger charge is 2.68. The van der Waals surface area contributed by atoms with Crippen LogP contribution in [0.1, 0.15) is 65.4 Å². The number of thioether (sulfide) groups is 1. The minimum absolute atomic E-state index is 0.0270. The molecule has 0 radical (unpaired) electrons. The molecule has 36 heavy (non-hydrogen) atoms. The number of Topliss-reactive ketones (excluding diaryl/α,β-unsaturated/α-hetero) is 1. The number of carbonyl (C=O) groups is 2. The minimum Gasteiger partial charge on any atom is -0.461 e. The maximum Gasteiger partial charge on any atom is 0.316 e. The average molecular weight is 514 g/mol. The first-order valence-corrected chi connectivity index (χ1v) is 14.4. The van der Waals surface area contributed by atoms with Crippen LogP contribution in [0.15, 0.2) is 41.8 Å². The molecule has 3 fully saturated rings. The predicted molar refractivity (Wildman–Crippen MR) is 145 cm³/mol. The molecule has 0 saturated heterocycles. The largest absolute Gasteiger partial charge is 0.461 e. The van der Waals surface area contributed by atoms with Crippen molar-refractivity contribution >= 4 is 23.5 Å². The third-order valence-corrected chi connectivity index (χ3v) is 11.2. The first kappa shape index (κ1) is 27.4. The summed E-state index contributed by atoms with van der Waals surface area (Å²) in [5.41, 5.74) is -0.172. The summed E-state index contributed by atoms with van der Waals surface area (Å²) in [4.78, 5) is 27.8. The Morgan fingerprint density at radius 1 is 1.31 bits per heavy atom. The standard InChI is InChI=1S/C30H43NO4S/c1-7-28(4)16-24(35-25(33)18-36-22-10-8-9-21(15-22)17-31-6)29(5)19(2)11-13-30(20(3)27(28)34)14-12-23(32)26(29)30/h7-10,15,19-20,24,26-27,31,34H,1,11-14,16-18H2,2-6H3/t19?,20-,24+,26?,27-,28+,29-,30?/m0/s1. The molecule has 8 atom stereocenters. The van der Waals surface area contributed by atoms with E-state index in [1.807, 2.05) is 32.2 Å². The van der Waals surface area contributed by atoms with Crippen molar-refractivity contribution in [3.63, 3.8) is 0 Å². The second-order valence-electron chi connectivity index (χ2n) is 12.0. The number of carbonyl (C=O) groups excluding carboxylic acids is 2. The summed E-state index contributed by atoms with van der Waals surface area (Å²) in [7, 11) is 1.91. The van der Waals surface area contributed by atoms with E-state index in [1.165, 1.54) is 17.3 Å². The lowest BCUT2D eigenvalue weighted by Crippen LogP contribution is -2.63. The van der Waals surface area contributed by atoms with Gasteiger partial charge in [0.05, 0.1) is 11.9 Å². The van der Waals surface area contributed by atoms with Crippen molar-refractivity contribution < 1.29 is 19.4 Å². The predicted octanol–water partition coefficient (Wildman–Crippen LogP) is 5.40. The molecule has 3 aliphatic carbocycles. The molecule has 2 bridgehead atoms. The number of hydrogen-bond acceptors (Lipinski definition) is 6. The van der Waals surface area contributed by atoms with Gasteiger partial charge < -0.3 is 15.2 Å². The summed E-state index contributed by atoms with van der Waals surface area (Å²) in [6, 6.07) is 8.16. The number of esters is 1. The quantitative estimate of drug-likeness (QED) is 0.289. The van der Waals surface area contributed by atoms with E-state index in [9.17, 15) is 14.7 Å². The van der Waals surface area contributed by atoms with Gasteiger partial charge in [0.25, 0.3) is 0 Å². The van der Waals surface area contributed by atoms with E-state index >= 15 is 0 Å². The molecule has 1 aromatic rings. The molecule has 6 heteroatoms. The monoisotopic (exact) mass is 513 g/mol. The van der Waals surface area contributed by atoms with Gasteiger partial charge >= 0.3 is 5.97 Å². The number of aliphatic hydroxyl groups excluding tert-OH is 1. The molecule has 5 nitrogen and oxygen atoms in total. The van der Waals surface area contributed by atoms with Gasteiger partial charge in [-0.2, -0.15) is 0 Å². The summed E-state index contributed by atoms with van der Waals surface area (Å²) >= 11 is 1.48. The van der Waals surface area contributed by atoms with Crippen LogP contribution in [0.25, 0.3) is 0 Å². The fraction of sp³-hybridized carbons (Fsp3) is 0.667. The van der Waals surface area contributed by atoms with E-state index in [4.69, 9.17) is 4.74 Å². The number of nitrogens with one attached hydrogen (secondary N) is 1. The van der Waals surface area contributed by atoms with Crippen LogP contribution in [0.4, 0.5) is 0 Å². The lowest BCUT2D eigenvalue weighted by atomic mass is 9.44. The normalized spacial score (nSPS) is 40.2. The zero-order valence-corrected chi connectivity index (χ0v) is 23.3. The second kappa shape index (κ2) is 10.3. The molecule has 0 heterocycles. The van der Waals surface area contributed by atoms with Gasteiger partial charge in [-0.25, -0.2) is 0 Å². The topological polar surface area (TPSA) is 75.6 Å². The Labute approximate surface area is 220 Å². The van der Waals surface area contributed by atoms with Gasteiger partial charge in [0.1, 0.15) is 11.9 Å². The maximum absolute atomic E-state index is 13.5. The molecule has 0 spiro atoms. The molecule has 1 aromatic carbocycles. The lowest BCUT2D eigenvalue weighted by Gasteiger charge is -2.61. The van der Waals surface area contributed by atoms with Crippen molar-refractivity contribution in [3.05, 3.63) is 42.5 Å².